The van der Waals surface area contributed by atoms with Crippen molar-refractivity contribution in [2.24, 2.45) is 5.16 Å². The van der Waals surface area contributed by atoms with Crippen molar-refractivity contribution in [2.45, 2.75) is 36.9 Å². The van der Waals surface area contributed by atoms with Crippen LogP contribution < -0.4 is 10.6 Å². The van der Waals surface area contributed by atoms with Crippen molar-refractivity contribution in [3.05, 3.63) is 130 Å². The van der Waals surface area contributed by atoms with E-state index >= 15 is 0 Å². The Balaban J connectivity index is 1.34. The smallest absolute Gasteiger partial charge is 0.352 e. The molecule has 0 spiro atoms. The van der Waals surface area contributed by atoms with Gasteiger partial charge in [0.25, 0.3) is 11.8 Å². The third-order valence-electron chi connectivity index (χ3n) is 8.09. The van der Waals surface area contributed by atoms with Gasteiger partial charge in [-0.15, -0.1) is 22.9 Å². The number of carbonyl (C=O) groups excluding carboxylic acids is 2. The number of hydrogen-bond donors (Lipinski definition) is 3. The second kappa shape index (κ2) is 14.4. The fourth-order valence-corrected chi connectivity index (χ4v) is 8.68. The van der Waals surface area contributed by atoms with Crippen LogP contribution in [0.3, 0.4) is 0 Å². The Hall–Kier alpha value is -4.69. The minimum Gasteiger partial charge on any atom is -0.614 e. The van der Waals surface area contributed by atoms with Gasteiger partial charge in [-0.05, 0) is 41.7 Å². The molecule has 0 aliphatic carbocycles. The first-order valence-corrected chi connectivity index (χ1v) is 18.1. The van der Waals surface area contributed by atoms with E-state index in [-0.39, 0.29) is 40.4 Å². The number of fused-ring (bicyclic) bond motifs is 1. The molecule has 4 aromatic rings. The quantitative estimate of drug-likeness (QED) is 0.0477. The van der Waals surface area contributed by atoms with Gasteiger partial charge in [0.2, 0.25) is 5.37 Å². The van der Waals surface area contributed by atoms with E-state index in [1.807, 2.05) is 91.0 Å². The van der Waals surface area contributed by atoms with Gasteiger partial charge in [0.1, 0.15) is 28.8 Å². The second-order valence-corrected chi connectivity index (χ2v) is 14.2. The summed E-state index contributed by atoms with van der Waals surface area (Å²) in [6, 6.07) is 28.6. The number of carboxylic acids is 1. The topological polar surface area (TPSA) is 156 Å². The van der Waals surface area contributed by atoms with Crippen LogP contribution in [0.2, 0.25) is 0 Å². The van der Waals surface area contributed by atoms with E-state index in [1.165, 1.54) is 11.3 Å². The van der Waals surface area contributed by atoms with Gasteiger partial charge < -0.3 is 25.1 Å². The average Bonchev–Trinajstić information content (AvgIpc) is 3.57. The predicted molar refractivity (Wildman–Crippen MR) is 189 cm³/mol. The minimum atomic E-state index is -1.70. The standard InChI is InChI=1S/C35H32ClN5O6S2/c1-21(2)47-40-27(30(42)38-28-31(43)41-29(33(44)45)22(18-36)20-49(46)32(28)41)26-19-48-34(37-26)39-35(23-12-6-3-7-13-23,24-14-8-4-9-15-24)25-16-10-5-11-17-25/h3-17,19,21,28,32H,18,20H2,1-2H3,(H,37,39)(H,38,42)(H,44,45)/b40-27-/t28?,32-,49?/m0/s1. The van der Waals surface area contributed by atoms with Crippen LogP contribution in [0.1, 0.15) is 36.2 Å². The summed E-state index contributed by atoms with van der Waals surface area (Å²) in [5.74, 6) is -3.18. The molecule has 2 aliphatic rings. The van der Waals surface area contributed by atoms with Gasteiger partial charge in [0.05, 0.1) is 5.88 Å². The number of nitrogens with zero attached hydrogens (tertiary/aromatic N) is 3. The predicted octanol–water partition coefficient (Wildman–Crippen LogP) is 4.67. The molecule has 3 heterocycles. The van der Waals surface area contributed by atoms with Crippen molar-refractivity contribution in [3.8, 4) is 0 Å². The highest BCUT2D eigenvalue weighted by Gasteiger charge is 2.61. The zero-order valence-electron chi connectivity index (χ0n) is 26.4. The van der Waals surface area contributed by atoms with Crippen LogP contribution in [0.25, 0.3) is 0 Å². The molecule has 11 nitrogen and oxygen atoms in total. The third-order valence-corrected chi connectivity index (χ3v) is 10.8. The summed E-state index contributed by atoms with van der Waals surface area (Å²) < 4.78 is 13.1. The summed E-state index contributed by atoms with van der Waals surface area (Å²) in [5.41, 5.74) is 1.86. The Kier molecular flexibility index (Phi) is 10.1. The highest BCUT2D eigenvalue weighted by Crippen LogP contribution is 2.41. The van der Waals surface area contributed by atoms with Crippen LogP contribution in [-0.4, -0.2) is 72.2 Å². The molecule has 14 heteroatoms. The summed E-state index contributed by atoms with van der Waals surface area (Å²) in [5, 5.41) is 21.2. The fraction of sp³-hybridized carbons (Fsp3) is 0.229. The number of benzene rings is 3. The summed E-state index contributed by atoms with van der Waals surface area (Å²) in [4.78, 5) is 50.1. The number of carboxylic acid groups (broad SMARTS) is 1. The zero-order valence-corrected chi connectivity index (χ0v) is 28.8. The van der Waals surface area contributed by atoms with Gasteiger partial charge in [0.15, 0.2) is 16.9 Å². The Morgan fingerprint density at radius 1 is 1.06 bits per heavy atom. The number of aromatic nitrogens is 1. The average molecular weight is 718 g/mol. The molecular formula is C35H32ClN5O6S2. The molecule has 6 rings (SSSR count). The van der Waals surface area contributed by atoms with Gasteiger partial charge in [-0.1, -0.05) is 96.2 Å². The Morgan fingerprint density at radius 2 is 1.61 bits per heavy atom. The molecule has 0 bridgehead atoms. The van der Waals surface area contributed by atoms with Crippen molar-refractivity contribution in [1.29, 1.82) is 0 Å². The number of halogens is 1. The lowest BCUT2D eigenvalue weighted by Crippen LogP contribution is -2.75. The molecule has 2 amide bonds. The highest BCUT2D eigenvalue weighted by molar-refractivity contribution is 7.92. The van der Waals surface area contributed by atoms with E-state index in [0.717, 1.165) is 21.6 Å². The van der Waals surface area contributed by atoms with E-state index in [4.69, 9.17) is 21.4 Å². The number of aliphatic carboxylic acids is 1. The molecule has 0 saturated carbocycles. The van der Waals surface area contributed by atoms with Crippen LogP contribution >= 0.6 is 22.9 Å². The number of β-lactam (4-membered cyclic amide) rings is 1. The molecule has 1 saturated heterocycles. The maximum atomic E-state index is 13.8. The summed E-state index contributed by atoms with van der Waals surface area (Å²) in [7, 11) is 0. The molecule has 3 atom stereocenters. The first kappa shape index (κ1) is 34.2. The lowest BCUT2D eigenvalue weighted by molar-refractivity contribution is -0.150. The third kappa shape index (κ3) is 6.54. The van der Waals surface area contributed by atoms with E-state index in [1.54, 1.807) is 19.2 Å². The number of hydrogen-bond acceptors (Lipinski definition) is 9. The molecule has 3 N–H and O–H groups in total. The van der Waals surface area contributed by atoms with Crippen LogP contribution in [0.4, 0.5) is 5.13 Å². The number of oxime groups is 1. The number of alkyl halides is 1. The highest BCUT2D eigenvalue weighted by atomic mass is 35.5. The Bertz CT molecular complexity index is 1810. The van der Waals surface area contributed by atoms with Gasteiger partial charge in [0, 0.05) is 11.0 Å². The van der Waals surface area contributed by atoms with E-state index in [9.17, 15) is 24.0 Å². The summed E-state index contributed by atoms with van der Waals surface area (Å²) >= 11 is 5.46. The fourth-order valence-electron chi connectivity index (χ4n) is 5.91. The Labute approximate surface area is 294 Å². The van der Waals surface area contributed by atoms with Crippen molar-refractivity contribution >= 4 is 62.7 Å². The Morgan fingerprint density at radius 3 is 2.10 bits per heavy atom. The maximum Gasteiger partial charge on any atom is 0.352 e. The largest absolute Gasteiger partial charge is 0.614 e. The van der Waals surface area contributed by atoms with Crippen LogP contribution in [0.5, 0.6) is 0 Å². The maximum absolute atomic E-state index is 13.8. The van der Waals surface area contributed by atoms with Gasteiger partial charge in [-0.3, -0.25) is 14.5 Å². The van der Waals surface area contributed by atoms with Gasteiger partial charge in [-0.2, -0.15) is 0 Å². The summed E-state index contributed by atoms with van der Waals surface area (Å²) in [6.07, 6.45) is -0.384. The molecule has 252 valence electrons. The van der Waals surface area contributed by atoms with Crippen LogP contribution in [0.15, 0.2) is 113 Å². The molecule has 1 fully saturated rings. The van der Waals surface area contributed by atoms with Gasteiger partial charge >= 0.3 is 5.97 Å². The molecule has 3 aromatic carbocycles. The summed E-state index contributed by atoms with van der Waals surface area (Å²) in [6.45, 7) is 3.49. The monoisotopic (exact) mass is 717 g/mol. The second-order valence-electron chi connectivity index (χ2n) is 11.6. The normalized spacial score (nSPS) is 19.3. The first-order chi connectivity index (χ1) is 23.6. The van der Waals surface area contributed by atoms with Crippen LogP contribution in [-0.2, 0) is 35.9 Å². The molecule has 2 unspecified atom stereocenters. The van der Waals surface area contributed by atoms with Crippen molar-refractivity contribution in [1.82, 2.24) is 15.2 Å². The first-order valence-electron chi connectivity index (χ1n) is 15.3. The number of nitrogens with one attached hydrogen (secondary N) is 2. The SMILES string of the molecule is CC(C)O/N=C(\C(=O)NC1C(=O)N2C(C(=O)O)=C(CCl)C[S+]([O-])[C@@H]12)c1csc(NC(c2ccccc2)(c2ccccc2)c2ccccc2)n1. The molecule has 49 heavy (non-hydrogen) atoms. The van der Waals surface area contributed by atoms with E-state index < -0.39 is 45.9 Å². The van der Waals surface area contributed by atoms with E-state index in [0.29, 0.717) is 5.13 Å². The molecule has 1 aromatic heterocycles. The number of carbonyl (C=O) groups is 3. The van der Waals surface area contributed by atoms with E-state index in [2.05, 4.69) is 15.8 Å². The van der Waals surface area contributed by atoms with Crippen molar-refractivity contribution in [2.75, 3.05) is 16.9 Å². The van der Waals surface area contributed by atoms with Crippen molar-refractivity contribution in [3.63, 3.8) is 0 Å². The number of thiazole rings is 1. The lowest BCUT2D eigenvalue weighted by atomic mass is 9.77. The number of anilines is 1. The number of rotatable bonds is 12. The molecule has 2 aliphatic heterocycles. The zero-order chi connectivity index (χ0) is 34.7. The lowest BCUT2D eigenvalue weighted by Gasteiger charge is -2.48. The van der Waals surface area contributed by atoms with Gasteiger partial charge in [-0.25, -0.2) is 9.78 Å². The number of amides is 2. The molecule has 0 radical (unpaired) electrons. The minimum absolute atomic E-state index is 0.129. The molecular weight excluding hydrogens is 686 g/mol. The van der Waals surface area contributed by atoms with Crippen molar-refractivity contribution < 1.29 is 28.9 Å². The van der Waals surface area contributed by atoms with Crippen LogP contribution in [0, 0.1) is 0 Å².